The van der Waals surface area contributed by atoms with Crippen molar-refractivity contribution in [3.05, 3.63) is 65.5 Å². The molecule has 0 spiro atoms. The van der Waals surface area contributed by atoms with Crippen LogP contribution in [0.15, 0.2) is 53.7 Å². The van der Waals surface area contributed by atoms with E-state index in [-0.39, 0.29) is 12.1 Å². The normalized spacial score (nSPS) is 24.1. The molecular weight excluding hydrogens is 224 g/mol. The van der Waals surface area contributed by atoms with E-state index in [0.29, 0.717) is 5.90 Å². The van der Waals surface area contributed by atoms with Crippen LogP contribution in [0.2, 0.25) is 0 Å². The van der Waals surface area contributed by atoms with E-state index in [4.69, 9.17) is 9.73 Å². The maximum absolute atomic E-state index is 5.94. The van der Waals surface area contributed by atoms with Crippen LogP contribution in [0.5, 0.6) is 0 Å². The van der Waals surface area contributed by atoms with Crippen molar-refractivity contribution in [3.63, 3.8) is 0 Å². The quantitative estimate of drug-likeness (QED) is 0.762. The number of rotatable bonds is 1. The standard InChI is InChI=1S/C15H12N2O/c1-2-6-11-10(5-1)9-13-14(11)17-15(18-13)12-7-3-4-8-16-12/h1-8,13-14H,9H2. The van der Waals surface area contributed by atoms with Crippen LogP contribution >= 0.6 is 0 Å². The first-order valence-corrected chi connectivity index (χ1v) is 6.15. The molecule has 2 atom stereocenters. The van der Waals surface area contributed by atoms with Gasteiger partial charge in [-0.05, 0) is 23.3 Å². The first kappa shape index (κ1) is 9.83. The van der Waals surface area contributed by atoms with Gasteiger partial charge in [-0.1, -0.05) is 30.3 Å². The zero-order valence-electron chi connectivity index (χ0n) is 9.78. The molecule has 1 aliphatic carbocycles. The van der Waals surface area contributed by atoms with E-state index >= 15 is 0 Å². The second kappa shape index (κ2) is 3.67. The molecule has 88 valence electrons. The molecule has 1 aromatic heterocycles. The summed E-state index contributed by atoms with van der Waals surface area (Å²) < 4.78 is 5.94. The summed E-state index contributed by atoms with van der Waals surface area (Å²) in [6.07, 6.45) is 2.86. The van der Waals surface area contributed by atoms with Gasteiger partial charge in [-0.15, -0.1) is 0 Å². The highest BCUT2D eigenvalue weighted by Crippen LogP contribution is 2.40. The Morgan fingerprint density at radius 3 is 2.83 bits per heavy atom. The van der Waals surface area contributed by atoms with Crippen molar-refractivity contribution >= 4 is 5.90 Å². The van der Waals surface area contributed by atoms with Crippen LogP contribution in [-0.4, -0.2) is 17.0 Å². The van der Waals surface area contributed by atoms with Gasteiger partial charge < -0.3 is 4.74 Å². The topological polar surface area (TPSA) is 34.5 Å². The van der Waals surface area contributed by atoms with Crippen molar-refractivity contribution in [2.75, 3.05) is 0 Å². The predicted molar refractivity (Wildman–Crippen MR) is 68.5 cm³/mol. The number of aliphatic imine (C=N–C) groups is 1. The SMILES string of the molecule is c1ccc(C2=NC3c4ccccc4CC3O2)nc1. The zero-order valence-corrected chi connectivity index (χ0v) is 9.78. The Morgan fingerprint density at radius 2 is 1.94 bits per heavy atom. The van der Waals surface area contributed by atoms with E-state index in [1.165, 1.54) is 11.1 Å². The predicted octanol–water partition coefficient (Wildman–Crippen LogP) is 2.52. The van der Waals surface area contributed by atoms with E-state index in [0.717, 1.165) is 12.1 Å². The third-order valence-electron chi connectivity index (χ3n) is 3.55. The van der Waals surface area contributed by atoms with Crippen LogP contribution in [0, 0.1) is 0 Å². The number of hydrogen-bond donors (Lipinski definition) is 0. The summed E-state index contributed by atoms with van der Waals surface area (Å²) >= 11 is 0. The highest BCUT2D eigenvalue weighted by molar-refractivity contribution is 5.93. The number of nitrogens with zero attached hydrogens (tertiary/aromatic N) is 2. The molecule has 0 bridgehead atoms. The van der Waals surface area contributed by atoms with Crippen LogP contribution in [0.4, 0.5) is 0 Å². The Kier molecular flexibility index (Phi) is 2.00. The van der Waals surface area contributed by atoms with Gasteiger partial charge in [0.25, 0.3) is 0 Å². The second-order valence-electron chi connectivity index (χ2n) is 4.65. The van der Waals surface area contributed by atoms with Gasteiger partial charge in [-0.3, -0.25) is 4.98 Å². The number of ether oxygens (including phenoxy) is 1. The fourth-order valence-corrected chi connectivity index (χ4v) is 2.71. The Hall–Kier alpha value is -2.16. The lowest BCUT2D eigenvalue weighted by Crippen LogP contribution is -2.14. The molecular formula is C15H12N2O. The Balaban J connectivity index is 1.74. The molecule has 0 fully saturated rings. The molecule has 0 saturated heterocycles. The van der Waals surface area contributed by atoms with E-state index in [1.807, 2.05) is 18.2 Å². The molecule has 1 aromatic carbocycles. The van der Waals surface area contributed by atoms with Gasteiger partial charge in [0.1, 0.15) is 17.8 Å². The summed E-state index contributed by atoms with van der Waals surface area (Å²) in [7, 11) is 0. The second-order valence-corrected chi connectivity index (χ2v) is 4.65. The summed E-state index contributed by atoms with van der Waals surface area (Å²) in [5, 5.41) is 0. The monoisotopic (exact) mass is 236 g/mol. The lowest BCUT2D eigenvalue weighted by molar-refractivity contribution is 0.206. The van der Waals surface area contributed by atoms with Gasteiger partial charge in [0.05, 0.1) is 0 Å². The van der Waals surface area contributed by atoms with E-state index < -0.39 is 0 Å². The van der Waals surface area contributed by atoms with Gasteiger partial charge in [0.15, 0.2) is 0 Å². The summed E-state index contributed by atoms with van der Waals surface area (Å²) in [5.74, 6) is 0.681. The number of fused-ring (bicyclic) bond motifs is 3. The summed E-state index contributed by atoms with van der Waals surface area (Å²) in [4.78, 5) is 8.98. The number of hydrogen-bond acceptors (Lipinski definition) is 3. The van der Waals surface area contributed by atoms with Crippen molar-refractivity contribution in [1.82, 2.24) is 4.98 Å². The highest BCUT2D eigenvalue weighted by Gasteiger charge is 2.39. The third-order valence-corrected chi connectivity index (χ3v) is 3.55. The van der Waals surface area contributed by atoms with Gasteiger partial charge in [0.2, 0.25) is 5.90 Å². The van der Waals surface area contributed by atoms with Gasteiger partial charge in [0, 0.05) is 12.6 Å². The van der Waals surface area contributed by atoms with Gasteiger partial charge >= 0.3 is 0 Å². The molecule has 2 unspecified atom stereocenters. The molecule has 3 nitrogen and oxygen atoms in total. The van der Waals surface area contributed by atoms with Crippen LogP contribution in [0.25, 0.3) is 0 Å². The molecule has 2 heterocycles. The smallest absolute Gasteiger partial charge is 0.236 e. The zero-order chi connectivity index (χ0) is 11.9. The fourth-order valence-electron chi connectivity index (χ4n) is 2.71. The van der Waals surface area contributed by atoms with E-state index in [9.17, 15) is 0 Å². The maximum atomic E-state index is 5.94. The Morgan fingerprint density at radius 1 is 1.06 bits per heavy atom. The molecule has 0 saturated carbocycles. The molecule has 0 N–H and O–H groups in total. The van der Waals surface area contributed by atoms with Crippen LogP contribution < -0.4 is 0 Å². The number of aromatic nitrogens is 1. The average molecular weight is 236 g/mol. The first-order valence-electron chi connectivity index (χ1n) is 6.15. The van der Waals surface area contributed by atoms with Gasteiger partial charge in [-0.2, -0.15) is 0 Å². The average Bonchev–Trinajstić information content (AvgIpc) is 2.97. The molecule has 18 heavy (non-hydrogen) atoms. The van der Waals surface area contributed by atoms with Crippen molar-refractivity contribution in [2.45, 2.75) is 18.6 Å². The number of benzene rings is 1. The summed E-state index contributed by atoms with van der Waals surface area (Å²) in [6.45, 7) is 0. The number of pyridine rings is 1. The van der Waals surface area contributed by atoms with E-state index in [1.54, 1.807) is 6.20 Å². The third kappa shape index (κ3) is 1.37. The maximum Gasteiger partial charge on any atom is 0.236 e. The van der Waals surface area contributed by atoms with E-state index in [2.05, 4.69) is 29.2 Å². The minimum atomic E-state index is 0.151. The van der Waals surface area contributed by atoms with Crippen molar-refractivity contribution in [3.8, 4) is 0 Å². The van der Waals surface area contributed by atoms with Crippen LogP contribution in [-0.2, 0) is 11.2 Å². The molecule has 3 heteroatoms. The Labute approximate surface area is 105 Å². The lowest BCUT2D eigenvalue weighted by atomic mass is 10.1. The largest absolute Gasteiger partial charge is 0.470 e. The summed E-state index contributed by atoms with van der Waals surface area (Å²) in [6, 6.07) is 14.4. The van der Waals surface area contributed by atoms with Crippen molar-refractivity contribution < 1.29 is 4.74 Å². The van der Waals surface area contributed by atoms with Crippen LogP contribution in [0.1, 0.15) is 22.9 Å². The van der Waals surface area contributed by atoms with Crippen LogP contribution in [0.3, 0.4) is 0 Å². The van der Waals surface area contributed by atoms with Crippen molar-refractivity contribution in [1.29, 1.82) is 0 Å². The minimum absolute atomic E-state index is 0.151. The highest BCUT2D eigenvalue weighted by atomic mass is 16.5. The lowest BCUT2D eigenvalue weighted by Gasteiger charge is -2.08. The molecule has 2 aliphatic rings. The molecule has 2 aromatic rings. The molecule has 0 amide bonds. The Bertz CT molecular complexity index is 621. The van der Waals surface area contributed by atoms with Crippen molar-refractivity contribution in [2.24, 2.45) is 4.99 Å². The molecule has 1 aliphatic heterocycles. The van der Waals surface area contributed by atoms with Gasteiger partial charge in [-0.25, -0.2) is 4.99 Å². The molecule has 0 radical (unpaired) electrons. The first-order chi connectivity index (χ1) is 8.92. The fraction of sp³-hybridized carbons (Fsp3) is 0.200. The summed E-state index contributed by atoms with van der Waals surface area (Å²) in [5.41, 5.74) is 3.48. The molecule has 4 rings (SSSR count). The minimum Gasteiger partial charge on any atom is -0.470 e.